The van der Waals surface area contributed by atoms with Gasteiger partial charge in [-0.1, -0.05) is 6.92 Å². The van der Waals surface area contributed by atoms with Crippen LogP contribution in [0.25, 0.3) is 11.3 Å². The summed E-state index contributed by atoms with van der Waals surface area (Å²) < 4.78 is 0. The Morgan fingerprint density at radius 3 is 2.96 bits per heavy atom. The van der Waals surface area contributed by atoms with Crippen molar-refractivity contribution in [2.24, 2.45) is 0 Å². The zero-order valence-corrected chi connectivity index (χ0v) is 13.6. The monoisotopic (exact) mass is 322 g/mol. The summed E-state index contributed by atoms with van der Waals surface area (Å²) in [5.41, 5.74) is 4.70. The number of amides is 1. The first-order valence-electron chi connectivity index (χ1n) is 8.01. The number of rotatable bonds is 3. The van der Waals surface area contributed by atoms with E-state index in [1.807, 2.05) is 19.1 Å². The van der Waals surface area contributed by atoms with E-state index in [-0.39, 0.29) is 11.8 Å². The fraction of sp³-hybridized carbons (Fsp3) is 0.294. The zero-order chi connectivity index (χ0) is 16.7. The Morgan fingerprint density at radius 2 is 2.25 bits per heavy atom. The molecule has 3 aromatic heterocycles. The first-order valence-corrected chi connectivity index (χ1v) is 8.01. The van der Waals surface area contributed by atoms with Crippen LogP contribution in [0.3, 0.4) is 0 Å². The van der Waals surface area contributed by atoms with Crippen molar-refractivity contribution < 1.29 is 4.79 Å². The van der Waals surface area contributed by atoms with Crippen molar-refractivity contribution in [1.29, 1.82) is 0 Å². The van der Waals surface area contributed by atoms with E-state index < -0.39 is 0 Å². The number of carbonyl (C=O) groups is 1. The predicted octanol–water partition coefficient (Wildman–Crippen LogP) is 2.54. The van der Waals surface area contributed by atoms with E-state index in [0.717, 1.165) is 40.5 Å². The SMILES string of the molecule is CCc1nc(C2CC(=O)Nc3n[nH]c(-c4cccnc4)c32)c(C)[nH]1. The average Bonchev–Trinajstić information content (AvgIpc) is 3.18. The molecule has 0 fully saturated rings. The average molecular weight is 322 g/mol. The molecular weight excluding hydrogens is 304 g/mol. The second-order valence-corrected chi connectivity index (χ2v) is 5.95. The maximum Gasteiger partial charge on any atom is 0.226 e. The summed E-state index contributed by atoms with van der Waals surface area (Å²) in [6, 6.07) is 3.86. The van der Waals surface area contributed by atoms with Gasteiger partial charge in [0.1, 0.15) is 5.82 Å². The summed E-state index contributed by atoms with van der Waals surface area (Å²) in [7, 11) is 0. The molecule has 0 radical (unpaired) electrons. The summed E-state index contributed by atoms with van der Waals surface area (Å²) in [4.78, 5) is 24.3. The van der Waals surface area contributed by atoms with E-state index in [4.69, 9.17) is 4.98 Å². The molecule has 7 nitrogen and oxygen atoms in total. The third-order valence-electron chi connectivity index (χ3n) is 4.39. The van der Waals surface area contributed by atoms with Gasteiger partial charge in [0.2, 0.25) is 5.91 Å². The normalized spacial score (nSPS) is 16.8. The Kier molecular flexibility index (Phi) is 3.41. The van der Waals surface area contributed by atoms with Crippen LogP contribution in [0.4, 0.5) is 5.82 Å². The molecule has 0 spiro atoms. The number of imidazole rings is 1. The number of fused-ring (bicyclic) bond motifs is 1. The molecular formula is C17H18N6O. The van der Waals surface area contributed by atoms with Crippen LogP contribution in [0.2, 0.25) is 0 Å². The highest BCUT2D eigenvalue weighted by atomic mass is 16.1. The molecule has 4 heterocycles. The van der Waals surface area contributed by atoms with Crippen LogP contribution in [0.15, 0.2) is 24.5 Å². The Bertz CT molecular complexity index is 895. The molecule has 3 aromatic rings. The lowest BCUT2D eigenvalue weighted by Gasteiger charge is -2.22. The van der Waals surface area contributed by atoms with Gasteiger partial charge in [-0.25, -0.2) is 4.98 Å². The van der Waals surface area contributed by atoms with Crippen LogP contribution in [-0.2, 0) is 11.2 Å². The summed E-state index contributed by atoms with van der Waals surface area (Å²) >= 11 is 0. The quantitative estimate of drug-likeness (QED) is 0.690. The Balaban J connectivity index is 1.88. The number of H-pyrrole nitrogens is 2. The Hall–Kier alpha value is -2.96. The lowest BCUT2D eigenvalue weighted by atomic mass is 9.87. The second-order valence-electron chi connectivity index (χ2n) is 5.95. The van der Waals surface area contributed by atoms with Crippen molar-refractivity contribution in [3.05, 3.63) is 47.3 Å². The molecule has 1 unspecified atom stereocenters. The molecule has 0 aromatic carbocycles. The van der Waals surface area contributed by atoms with E-state index in [1.54, 1.807) is 12.4 Å². The molecule has 0 aliphatic carbocycles. The van der Waals surface area contributed by atoms with Crippen LogP contribution < -0.4 is 5.32 Å². The molecule has 3 N–H and O–H groups in total. The van der Waals surface area contributed by atoms with Crippen molar-refractivity contribution in [3.8, 4) is 11.3 Å². The summed E-state index contributed by atoms with van der Waals surface area (Å²) in [5.74, 6) is 1.34. The molecule has 1 atom stereocenters. The number of hydrogen-bond acceptors (Lipinski definition) is 4. The van der Waals surface area contributed by atoms with Gasteiger partial charge in [0.15, 0.2) is 5.82 Å². The van der Waals surface area contributed by atoms with E-state index in [0.29, 0.717) is 12.2 Å². The van der Waals surface area contributed by atoms with Gasteiger partial charge >= 0.3 is 0 Å². The second kappa shape index (κ2) is 5.59. The first kappa shape index (κ1) is 14.6. The maximum absolute atomic E-state index is 12.1. The summed E-state index contributed by atoms with van der Waals surface area (Å²) in [5, 5.41) is 10.2. The smallest absolute Gasteiger partial charge is 0.226 e. The van der Waals surface area contributed by atoms with Gasteiger partial charge in [-0.05, 0) is 19.1 Å². The third-order valence-corrected chi connectivity index (χ3v) is 4.39. The standard InChI is InChI=1S/C17H18N6O/c1-3-12-19-9(2)15(20-12)11-7-13(24)21-17-14(11)16(22-23-17)10-5-4-6-18-8-10/h4-6,8,11H,3,7H2,1-2H3,(H,19,20)(H2,21,22,23,24). The number of anilines is 1. The van der Waals surface area contributed by atoms with Crippen LogP contribution >= 0.6 is 0 Å². The van der Waals surface area contributed by atoms with Gasteiger partial charge in [-0.15, -0.1) is 0 Å². The third kappa shape index (κ3) is 2.29. The number of aryl methyl sites for hydroxylation is 2. The fourth-order valence-electron chi connectivity index (χ4n) is 3.26. The van der Waals surface area contributed by atoms with Crippen molar-refractivity contribution in [2.75, 3.05) is 5.32 Å². The number of nitrogens with one attached hydrogen (secondary N) is 3. The molecule has 122 valence electrons. The minimum absolute atomic E-state index is 0.0443. The van der Waals surface area contributed by atoms with Crippen LogP contribution in [0.5, 0.6) is 0 Å². The highest BCUT2D eigenvalue weighted by Gasteiger charge is 2.34. The molecule has 1 amide bonds. The number of pyridine rings is 1. The Morgan fingerprint density at radius 1 is 1.38 bits per heavy atom. The molecule has 7 heteroatoms. The lowest BCUT2D eigenvalue weighted by molar-refractivity contribution is -0.116. The van der Waals surface area contributed by atoms with E-state index in [9.17, 15) is 4.79 Å². The zero-order valence-electron chi connectivity index (χ0n) is 13.6. The van der Waals surface area contributed by atoms with Gasteiger partial charge in [-0.3, -0.25) is 14.9 Å². The largest absolute Gasteiger partial charge is 0.346 e. The molecule has 24 heavy (non-hydrogen) atoms. The summed E-state index contributed by atoms with van der Waals surface area (Å²) in [6.45, 7) is 4.05. The van der Waals surface area contributed by atoms with Crippen molar-refractivity contribution in [2.45, 2.75) is 32.6 Å². The van der Waals surface area contributed by atoms with E-state index >= 15 is 0 Å². The molecule has 4 rings (SSSR count). The number of aromatic amines is 2. The van der Waals surface area contributed by atoms with Gasteiger partial charge in [-0.2, -0.15) is 5.10 Å². The van der Waals surface area contributed by atoms with Crippen LogP contribution in [0.1, 0.15) is 42.0 Å². The van der Waals surface area contributed by atoms with Crippen LogP contribution in [0, 0.1) is 6.92 Å². The number of hydrogen-bond donors (Lipinski definition) is 3. The first-order chi connectivity index (χ1) is 11.7. The number of nitrogens with zero attached hydrogens (tertiary/aromatic N) is 3. The number of aromatic nitrogens is 5. The van der Waals surface area contributed by atoms with Gasteiger partial charge < -0.3 is 10.3 Å². The van der Waals surface area contributed by atoms with Gasteiger partial charge in [0.25, 0.3) is 0 Å². The van der Waals surface area contributed by atoms with Crippen LogP contribution in [-0.4, -0.2) is 31.1 Å². The topological polar surface area (TPSA) is 99.3 Å². The molecule has 1 aliphatic rings. The highest BCUT2D eigenvalue weighted by molar-refractivity contribution is 5.95. The van der Waals surface area contributed by atoms with Gasteiger partial charge in [0, 0.05) is 48.0 Å². The van der Waals surface area contributed by atoms with E-state index in [1.165, 1.54) is 0 Å². The number of carbonyl (C=O) groups excluding carboxylic acids is 1. The molecule has 0 saturated heterocycles. The van der Waals surface area contributed by atoms with Crippen molar-refractivity contribution >= 4 is 11.7 Å². The lowest BCUT2D eigenvalue weighted by Crippen LogP contribution is -2.24. The maximum atomic E-state index is 12.1. The molecule has 0 saturated carbocycles. The molecule has 0 bridgehead atoms. The molecule has 1 aliphatic heterocycles. The minimum Gasteiger partial charge on any atom is -0.346 e. The van der Waals surface area contributed by atoms with Crippen molar-refractivity contribution in [3.63, 3.8) is 0 Å². The Labute approximate surface area is 138 Å². The highest BCUT2D eigenvalue weighted by Crippen LogP contribution is 2.41. The summed E-state index contributed by atoms with van der Waals surface area (Å²) in [6.07, 6.45) is 4.70. The fourth-order valence-corrected chi connectivity index (χ4v) is 3.26. The van der Waals surface area contributed by atoms with Crippen molar-refractivity contribution in [1.82, 2.24) is 25.1 Å². The predicted molar refractivity (Wildman–Crippen MR) is 89.6 cm³/mol. The van der Waals surface area contributed by atoms with E-state index in [2.05, 4.69) is 32.4 Å². The van der Waals surface area contributed by atoms with Gasteiger partial charge in [0.05, 0.1) is 11.4 Å². The minimum atomic E-state index is -0.126.